The zero-order chi connectivity index (χ0) is 26.9. The quantitative estimate of drug-likeness (QED) is 0.103. The molecule has 3 amide bonds. The van der Waals surface area contributed by atoms with Crippen LogP contribution in [0.15, 0.2) is 71.8 Å². The largest absolute Gasteiger partial charge is 0.493 e. The van der Waals surface area contributed by atoms with Crippen LogP contribution in [0.3, 0.4) is 0 Å². The van der Waals surface area contributed by atoms with Crippen LogP contribution in [-0.4, -0.2) is 41.9 Å². The smallest absolute Gasteiger partial charge is 0.350 e. The van der Waals surface area contributed by atoms with Gasteiger partial charge in [0.2, 0.25) is 5.91 Å². The Morgan fingerprint density at radius 3 is 2.32 bits per heavy atom. The van der Waals surface area contributed by atoms with Gasteiger partial charge in [0.1, 0.15) is 5.56 Å². The number of nitrogens with one attached hydrogen (secondary N) is 2. The van der Waals surface area contributed by atoms with E-state index in [1.165, 1.54) is 80.1 Å². The number of hydrogen-bond donors (Lipinski definition) is 3. The molecule has 0 saturated carbocycles. The Kier molecular flexibility index (Phi) is 8.23. The summed E-state index contributed by atoms with van der Waals surface area (Å²) in [5, 5.41) is 17.2. The van der Waals surface area contributed by atoms with E-state index in [1.54, 1.807) is 0 Å². The molecule has 4 N–H and O–H groups in total. The number of benzene rings is 3. The van der Waals surface area contributed by atoms with Crippen LogP contribution < -0.4 is 25.9 Å². The van der Waals surface area contributed by atoms with Gasteiger partial charge in [-0.1, -0.05) is 12.1 Å². The molecule has 13 nitrogen and oxygen atoms in total. The Morgan fingerprint density at radius 2 is 1.68 bits per heavy atom. The van der Waals surface area contributed by atoms with Crippen molar-refractivity contribution in [2.75, 3.05) is 12.4 Å². The third kappa shape index (κ3) is 6.73. The second kappa shape index (κ2) is 11.7. The Morgan fingerprint density at radius 1 is 0.973 bits per heavy atom. The van der Waals surface area contributed by atoms with E-state index in [0.717, 1.165) is 0 Å². The molecule has 0 spiro atoms. The molecule has 0 saturated heterocycles. The maximum atomic E-state index is 12.5. The van der Waals surface area contributed by atoms with E-state index in [1.807, 2.05) is 0 Å². The molecule has 0 heterocycles. The van der Waals surface area contributed by atoms with E-state index in [2.05, 4.69) is 15.8 Å². The molecule has 0 aliphatic carbocycles. The van der Waals surface area contributed by atoms with Crippen molar-refractivity contribution in [1.82, 2.24) is 5.43 Å². The second-order valence-corrected chi connectivity index (χ2v) is 7.17. The van der Waals surface area contributed by atoms with E-state index in [4.69, 9.17) is 15.2 Å². The Bertz CT molecular complexity index is 1400. The van der Waals surface area contributed by atoms with E-state index >= 15 is 0 Å². The number of primary amides is 1. The van der Waals surface area contributed by atoms with Crippen molar-refractivity contribution in [3.8, 4) is 11.5 Å². The van der Waals surface area contributed by atoms with Crippen molar-refractivity contribution in [1.29, 1.82) is 0 Å². The van der Waals surface area contributed by atoms with E-state index in [-0.39, 0.29) is 28.3 Å². The van der Waals surface area contributed by atoms with Gasteiger partial charge in [-0.2, -0.15) is 5.10 Å². The van der Waals surface area contributed by atoms with Crippen molar-refractivity contribution >= 4 is 41.3 Å². The van der Waals surface area contributed by atoms with E-state index in [9.17, 15) is 29.3 Å². The Hall–Kier alpha value is -5.59. The van der Waals surface area contributed by atoms with Gasteiger partial charge in [-0.05, 0) is 54.1 Å². The zero-order valence-corrected chi connectivity index (χ0v) is 19.2. The highest BCUT2D eigenvalue weighted by Crippen LogP contribution is 2.29. The van der Waals surface area contributed by atoms with Gasteiger partial charge in [0, 0.05) is 17.3 Å². The van der Waals surface area contributed by atoms with Gasteiger partial charge >= 0.3 is 17.8 Å². The molecule has 0 unspecified atom stereocenters. The minimum atomic E-state index is -1.06. The lowest BCUT2D eigenvalue weighted by Crippen LogP contribution is -2.32. The number of methoxy groups -OCH3 is 1. The second-order valence-electron chi connectivity index (χ2n) is 7.17. The number of nitro benzene ring substituents is 1. The summed E-state index contributed by atoms with van der Waals surface area (Å²) < 4.78 is 10.5. The fraction of sp³-hybridized carbons (Fsp3) is 0.0417. The first-order valence-electron chi connectivity index (χ1n) is 10.4. The standard InChI is InChI=1S/C24H19N5O8/c1-36-20-12-14(6-11-19(20)37-24(33)17-4-2-3-5-18(17)29(34)35)13-26-28-23(32)22(31)27-16-9-7-15(8-10-16)21(25)30/h2-13H,1H3,(H2,25,30)(H,27,31)(H,28,32). The lowest BCUT2D eigenvalue weighted by molar-refractivity contribution is -0.385. The molecule has 0 bridgehead atoms. The monoisotopic (exact) mass is 505 g/mol. The molecule has 188 valence electrons. The van der Waals surface area contributed by atoms with Gasteiger partial charge in [0.05, 0.1) is 18.2 Å². The summed E-state index contributed by atoms with van der Waals surface area (Å²) >= 11 is 0. The number of esters is 1. The van der Waals surface area contributed by atoms with E-state index < -0.39 is 34.3 Å². The topological polar surface area (TPSA) is 192 Å². The molecule has 37 heavy (non-hydrogen) atoms. The molecule has 0 aliphatic heterocycles. The maximum Gasteiger partial charge on any atom is 0.350 e. The summed E-state index contributed by atoms with van der Waals surface area (Å²) in [7, 11) is 1.32. The van der Waals surface area contributed by atoms with Crippen LogP contribution in [0.1, 0.15) is 26.3 Å². The molecule has 0 atom stereocenters. The van der Waals surface area contributed by atoms with Gasteiger partial charge in [-0.15, -0.1) is 0 Å². The Labute approximate surface area is 209 Å². The van der Waals surface area contributed by atoms with Crippen LogP contribution in [0.5, 0.6) is 11.5 Å². The van der Waals surface area contributed by atoms with Gasteiger partial charge in [0.25, 0.3) is 5.69 Å². The van der Waals surface area contributed by atoms with Crippen molar-refractivity contribution in [2.45, 2.75) is 0 Å². The zero-order valence-electron chi connectivity index (χ0n) is 19.2. The summed E-state index contributed by atoms with van der Waals surface area (Å²) in [4.78, 5) is 58.0. The van der Waals surface area contributed by atoms with Crippen molar-refractivity contribution < 1.29 is 33.6 Å². The number of nitrogens with zero attached hydrogens (tertiary/aromatic N) is 2. The van der Waals surface area contributed by atoms with Crippen molar-refractivity contribution in [3.63, 3.8) is 0 Å². The summed E-state index contributed by atoms with van der Waals surface area (Å²) in [5.74, 6) is -3.54. The van der Waals surface area contributed by atoms with Crippen LogP contribution in [0.2, 0.25) is 0 Å². The van der Waals surface area contributed by atoms with Crippen LogP contribution in [-0.2, 0) is 9.59 Å². The summed E-state index contributed by atoms with van der Waals surface area (Å²) in [6.07, 6.45) is 1.21. The van der Waals surface area contributed by atoms with Gasteiger partial charge in [-0.25, -0.2) is 10.2 Å². The van der Waals surface area contributed by atoms with E-state index in [0.29, 0.717) is 5.56 Å². The normalized spacial score (nSPS) is 10.4. The fourth-order valence-corrected chi connectivity index (χ4v) is 2.93. The van der Waals surface area contributed by atoms with Crippen molar-refractivity contribution in [2.24, 2.45) is 10.8 Å². The number of hydrogen-bond acceptors (Lipinski definition) is 9. The van der Waals surface area contributed by atoms with Gasteiger partial charge < -0.3 is 20.5 Å². The average Bonchev–Trinajstić information content (AvgIpc) is 2.89. The SMILES string of the molecule is COc1cc(C=NNC(=O)C(=O)Nc2ccc(C(N)=O)cc2)ccc1OC(=O)c1ccccc1[N+](=O)[O-]. The lowest BCUT2D eigenvalue weighted by Gasteiger charge is -2.10. The molecule has 13 heteroatoms. The third-order valence-corrected chi connectivity index (χ3v) is 4.72. The van der Waals surface area contributed by atoms with Crippen LogP contribution in [0, 0.1) is 10.1 Å². The van der Waals surface area contributed by atoms with Gasteiger partial charge in [0.15, 0.2) is 11.5 Å². The molecular weight excluding hydrogens is 486 g/mol. The highest BCUT2D eigenvalue weighted by molar-refractivity contribution is 6.39. The predicted octanol–water partition coefficient (Wildman–Crippen LogP) is 2.01. The number of hydrazone groups is 1. The third-order valence-electron chi connectivity index (χ3n) is 4.72. The number of ether oxygens (including phenoxy) is 2. The molecule has 0 fully saturated rings. The van der Waals surface area contributed by atoms with Crippen LogP contribution in [0.4, 0.5) is 11.4 Å². The molecule has 3 rings (SSSR count). The van der Waals surface area contributed by atoms with Crippen molar-refractivity contribution in [3.05, 3.63) is 93.5 Å². The number of anilines is 1. The fourth-order valence-electron chi connectivity index (χ4n) is 2.93. The number of para-hydroxylation sites is 1. The highest BCUT2D eigenvalue weighted by atomic mass is 16.6. The number of carbonyl (C=O) groups is 4. The number of nitrogens with two attached hydrogens (primary N) is 1. The minimum Gasteiger partial charge on any atom is -0.493 e. The number of nitro groups is 1. The number of carbonyl (C=O) groups excluding carboxylic acids is 4. The lowest BCUT2D eigenvalue weighted by atomic mass is 10.2. The summed E-state index contributed by atoms with van der Waals surface area (Å²) in [5.41, 5.74) is 7.48. The maximum absolute atomic E-state index is 12.5. The number of amides is 3. The molecule has 0 aliphatic rings. The molecule has 0 aromatic heterocycles. The van der Waals surface area contributed by atoms with Crippen LogP contribution in [0.25, 0.3) is 0 Å². The number of rotatable bonds is 8. The predicted molar refractivity (Wildman–Crippen MR) is 130 cm³/mol. The van der Waals surface area contributed by atoms with Crippen LogP contribution >= 0.6 is 0 Å². The summed E-state index contributed by atoms with van der Waals surface area (Å²) in [6, 6.07) is 15.2. The molecule has 3 aromatic rings. The average molecular weight is 505 g/mol. The first-order valence-corrected chi connectivity index (χ1v) is 10.4. The first kappa shape index (κ1) is 26.0. The molecule has 3 aromatic carbocycles. The Balaban J connectivity index is 1.62. The first-order chi connectivity index (χ1) is 17.7. The highest BCUT2D eigenvalue weighted by Gasteiger charge is 2.22. The summed E-state index contributed by atoms with van der Waals surface area (Å²) in [6.45, 7) is 0. The molecule has 0 radical (unpaired) electrons. The molecular formula is C24H19N5O8. The minimum absolute atomic E-state index is 0.00596. The van der Waals surface area contributed by atoms with Gasteiger partial charge in [-0.3, -0.25) is 24.5 Å².